The van der Waals surface area contributed by atoms with Gasteiger partial charge in [0.1, 0.15) is 17.2 Å². The molecule has 168 valence electrons. The molecule has 2 atom stereocenters. The molecule has 1 aliphatic rings. The second kappa shape index (κ2) is 11.0. The van der Waals surface area contributed by atoms with Crippen LogP contribution < -0.4 is 19.5 Å². The number of nitrogens with one attached hydrogen (secondary N) is 1. The van der Waals surface area contributed by atoms with E-state index in [4.69, 9.17) is 14.2 Å². The number of benzene rings is 2. The van der Waals surface area contributed by atoms with Gasteiger partial charge >= 0.3 is 0 Å². The molecule has 2 aromatic carbocycles. The van der Waals surface area contributed by atoms with Crippen molar-refractivity contribution in [1.29, 1.82) is 0 Å². The highest BCUT2D eigenvalue weighted by atomic mass is 16.5. The minimum absolute atomic E-state index is 0.0552. The zero-order chi connectivity index (χ0) is 22.2. The number of hydrogen-bond donors (Lipinski definition) is 1. The van der Waals surface area contributed by atoms with Gasteiger partial charge in [0.05, 0.1) is 33.9 Å². The molecule has 0 spiro atoms. The summed E-state index contributed by atoms with van der Waals surface area (Å²) in [5.74, 6) is 2.50. The van der Waals surface area contributed by atoms with E-state index < -0.39 is 0 Å². The monoisotopic (exact) mass is 426 g/mol. The first-order chi connectivity index (χ1) is 15.1. The number of nitrogens with zero attached hydrogens (tertiary/aromatic N) is 1. The summed E-state index contributed by atoms with van der Waals surface area (Å²) < 4.78 is 16.1. The third kappa shape index (κ3) is 5.70. The van der Waals surface area contributed by atoms with Crippen molar-refractivity contribution >= 4 is 5.91 Å². The molecule has 0 bridgehead atoms. The second-order valence-corrected chi connectivity index (χ2v) is 7.94. The Morgan fingerprint density at radius 1 is 1.00 bits per heavy atom. The van der Waals surface area contributed by atoms with E-state index in [1.165, 1.54) is 5.56 Å². The van der Waals surface area contributed by atoms with Crippen molar-refractivity contribution in [2.45, 2.75) is 44.7 Å². The molecule has 0 saturated carbocycles. The van der Waals surface area contributed by atoms with Crippen LogP contribution in [-0.2, 0) is 4.79 Å². The Hall–Kier alpha value is -2.73. The van der Waals surface area contributed by atoms with Crippen molar-refractivity contribution in [3.8, 4) is 17.2 Å². The van der Waals surface area contributed by atoms with Gasteiger partial charge in [0.25, 0.3) is 0 Å². The van der Waals surface area contributed by atoms with E-state index in [1.807, 2.05) is 42.2 Å². The molecule has 1 N–H and O–H groups in total. The Balaban J connectivity index is 1.71. The number of hydrogen-bond acceptors (Lipinski definition) is 5. The standard InChI is InChI=1S/C25H34N2O4/c1-18(22-16-21(30-3)13-14-24(22)31-4)26-17-25(28)27-15-7-5-6-8-23(27)19-9-11-20(29-2)12-10-19/h9-14,16,18,23,26H,5-8,15,17H2,1-4H3. The molecule has 3 rings (SSSR count). The summed E-state index contributed by atoms with van der Waals surface area (Å²) in [7, 11) is 4.96. The lowest BCUT2D eigenvalue weighted by Gasteiger charge is -2.31. The van der Waals surface area contributed by atoms with E-state index in [9.17, 15) is 4.79 Å². The van der Waals surface area contributed by atoms with E-state index in [-0.39, 0.29) is 24.5 Å². The lowest BCUT2D eigenvalue weighted by atomic mass is 10.0. The van der Waals surface area contributed by atoms with Crippen molar-refractivity contribution in [2.24, 2.45) is 0 Å². The fourth-order valence-electron chi connectivity index (χ4n) is 4.21. The van der Waals surface area contributed by atoms with Crippen LogP contribution in [0.3, 0.4) is 0 Å². The number of rotatable bonds is 8. The molecule has 1 amide bonds. The highest BCUT2D eigenvalue weighted by Crippen LogP contribution is 2.32. The van der Waals surface area contributed by atoms with E-state index in [2.05, 4.69) is 17.4 Å². The molecule has 1 heterocycles. The van der Waals surface area contributed by atoms with Gasteiger partial charge in [-0.3, -0.25) is 4.79 Å². The topological polar surface area (TPSA) is 60.0 Å². The first-order valence-electron chi connectivity index (χ1n) is 11.0. The third-order valence-electron chi connectivity index (χ3n) is 6.04. The zero-order valence-electron chi connectivity index (χ0n) is 19.0. The predicted molar refractivity (Wildman–Crippen MR) is 122 cm³/mol. The highest BCUT2D eigenvalue weighted by molar-refractivity contribution is 5.79. The molecule has 2 aromatic rings. The minimum atomic E-state index is -0.0552. The normalized spacial score (nSPS) is 17.5. The number of amides is 1. The van der Waals surface area contributed by atoms with Crippen molar-refractivity contribution < 1.29 is 19.0 Å². The summed E-state index contributed by atoms with van der Waals surface area (Å²) >= 11 is 0. The molecular weight excluding hydrogens is 392 g/mol. The molecule has 6 nitrogen and oxygen atoms in total. The summed E-state index contributed by atoms with van der Waals surface area (Å²) in [6, 6.07) is 13.9. The van der Waals surface area contributed by atoms with Crippen LogP contribution in [0.5, 0.6) is 17.2 Å². The third-order valence-corrected chi connectivity index (χ3v) is 6.04. The Morgan fingerprint density at radius 2 is 1.71 bits per heavy atom. The number of likely N-dealkylation sites (tertiary alicyclic amines) is 1. The summed E-state index contributed by atoms with van der Waals surface area (Å²) in [5.41, 5.74) is 2.13. The lowest BCUT2D eigenvalue weighted by molar-refractivity contribution is -0.132. The number of carbonyl (C=O) groups excluding carboxylic acids is 1. The maximum Gasteiger partial charge on any atom is 0.237 e. The van der Waals surface area contributed by atoms with Crippen LogP contribution >= 0.6 is 0 Å². The Morgan fingerprint density at radius 3 is 2.39 bits per heavy atom. The molecule has 31 heavy (non-hydrogen) atoms. The van der Waals surface area contributed by atoms with Crippen molar-refractivity contribution in [1.82, 2.24) is 10.2 Å². The van der Waals surface area contributed by atoms with Crippen LogP contribution in [0.2, 0.25) is 0 Å². The fourth-order valence-corrected chi connectivity index (χ4v) is 4.21. The molecule has 2 unspecified atom stereocenters. The van der Waals surface area contributed by atoms with Crippen molar-refractivity contribution in [3.63, 3.8) is 0 Å². The van der Waals surface area contributed by atoms with Crippen molar-refractivity contribution in [2.75, 3.05) is 34.4 Å². The van der Waals surface area contributed by atoms with E-state index in [1.54, 1.807) is 21.3 Å². The van der Waals surface area contributed by atoms with Gasteiger partial charge in [-0.2, -0.15) is 0 Å². The molecule has 1 saturated heterocycles. The Labute approximate surface area is 185 Å². The average molecular weight is 427 g/mol. The van der Waals surface area contributed by atoms with Gasteiger partial charge in [0.15, 0.2) is 0 Å². The van der Waals surface area contributed by atoms with Gasteiger partial charge < -0.3 is 24.4 Å². The summed E-state index contributed by atoms with van der Waals surface area (Å²) in [6.45, 7) is 3.09. The smallest absolute Gasteiger partial charge is 0.237 e. The first kappa shape index (κ1) is 22.9. The average Bonchev–Trinajstić information content (AvgIpc) is 3.08. The molecule has 0 radical (unpaired) electrons. The van der Waals surface area contributed by atoms with Gasteiger partial charge in [-0.15, -0.1) is 0 Å². The first-order valence-corrected chi connectivity index (χ1v) is 11.0. The quantitative estimate of drug-likeness (QED) is 0.673. The lowest BCUT2D eigenvalue weighted by Crippen LogP contribution is -2.41. The molecular formula is C25H34N2O4. The SMILES string of the molecule is COc1ccc(C2CCCCCN2C(=O)CNC(C)c2cc(OC)ccc2OC)cc1. The minimum Gasteiger partial charge on any atom is -0.497 e. The van der Waals surface area contributed by atoms with Crippen LogP contribution in [-0.4, -0.2) is 45.2 Å². The molecule has 1 aliphatic heterocycles. The molecule has 6 heteroatoms. The van der Waals surface area contributed by atoms with Crippen LogP contribution in [0.15, 0.2) is 42.5 Å². The van der Waals surface area contributed by atoms with Gasteiger partial charge in [-0.05, 0) is 55.7 Å². The summed E-state index contributed by atoms with van der Waals surface area (Å²) in [6.07, 6.45) is 4.31. The zero-order valence-corrected chi connectivity index (χ0v) is 19.0. The van der Waals surface area contributed by atoms with Crippen LogP contribution in [0.4, 0.5) is 0 Å². The molecule has 0 aromatic heterocycles. The van der Waals surface area contributed by atoms with Gasteiger partial charge in [0, 0.05) is 18.2 Å². The molecule has 1 fully saturated rings. The number of carbonyl (C=O) groups is 1. The number of ether oxygens (including phenoxy) is 3. The van der Waals surface area contributed by atoms with Crippen LogP contribution in [0, 0.1) is 0 Å². The largest absolute Gasteiger partial charge is 0.497 e. The maximum atomic E-state index is 13.3. The highest BCUT2D eigenvalue weighted by Gasteiger charge is 2.27. The van der Waals surface area contributed by atoms with E-state index >= 15 is 0 Å². The van der Waals surface area contributed by atoms with Gasteiger partial charge in [-0.25, -0.2) is 0 Å². The Bertz CT molecular complexity index is 853. The van der Waals surface area contributed by atoms with Crippen LogP contribution in [0.1, 0.15) is 55.8 Å². The number of methoxy groups -OCH3 is 3. The van der Waals surface area contributed by atoms with E-state index in [0.29, 0.717) is 0 Å². The van der Waals surface area contributed by atoms with Gasteiger partial charge in [0.2, 0.25) is 5.91 Å². The van der Waals surface area contributed by atoms with Crippen LogP contribution in [0.25, 0.3) is 0 Å². The Kier molecular flexibility index (Phi) is 8.18. The van der Waals surface area contributed by atoms with Gasteiger partial charge in [-0.1, -0.05) is 25.0 Å². The molecule has 0 aliphatic carbocycles. The summed E-state index contributed by atoms with van der Waals surface area (Å²) in [5, 5.41) is 3.39. The second-order valence-electron chi connectivity index (χ2n) is 7.94. The maximum absolute atomic E-state index is 13.3. The van der Waals surface area contributed by atoms with Crippen molar-refractivity contribution in [3.05, 3.63) is 53.6 Å². The van der Waals surface area contributed by atoms with E-state index in [0.717, 1.165) is 55.0 Å². The summed E-state index contributed by atoms with van der Waals surface area (Å²) in [4.78, 5) is 15.3. The predicted octanol–water partition coefficient (Wildman–Crippen LogP) is 4.51. The fraction of sp³-hybridized carbons (Fsp3) is 0.480.